The molecular weight excluding hydrogens is 360 g/mol. The van der Waals surface area contributed by atoms with Gasteiger partial charge < -0.3 is 14.2 Å². The minimum absolute atomic E-state index is 0.0678. The van der Waals surface area contributed by atoms with E-state index in [4.69, 9.17) is 4.42 Å². The number of hydrogen-bond donors (Lipinski definition) is 0. The molecule has 1 aromatic rings. The van der Waals surface area contributed by atoms with Crippen LogP contribution in [-0.2, 0) is 10.5 Å². The topological polar surface area (TPSA) is 53.8 Å². The Kier molecular flexibility index (Phi) is 5.53. The Balaban J connectivity index is 1.45. The highest BCUT2D eigenvalue weighted by Crippen LogP contribution is 2.42. The quantitative estimate of drug-likeness (QED) is 0.782. The summed E-state index contributed by atoms with van der Waals surface area (Å²) in [5.74, 6) is 2.24. The largest absolute Gasteiger partial charge is 0.455 e. The molecule has 1 atom stereocenters. The molecule has 3 fully saturated rings. The highest BCUT2D eigenvalue weighted by atomic mass is 32.2. The molecule has 3 heterocycles. The molecule has 5 nitrogen and oxygen atoms in total. The number of carbonyl (C=O) groups is 2. The SMILES string of the molecule is CSCc1ccc(C(=O)N2CCC3(CCCN(C4CCCCC4)C3=O)C2)o1. The van der Waals surface area contributed by atoms with Gasteiger partial charge in [0, 0.05) is 25.7 Å². The average Bonchev–Trinajstić information content (AvgIpc) is 3.33. The van der Waals surface area contributed by atoms with Crippen LogP contribution in [0, 0.1) is 5.41 Å². The lowest BCUT2D eigenvalue weighted by molar-refractivity contribution is -0.149. The molecule has 0 aromatic carbocycles. The summed E-state index contributed by atoms with van der Waals surface area (Å²) in [6, 6.07) is 4.08. The van der Waals surface area contributed by atoms with Crippen molar-refractivity contribution in [3.05, 3.63) is 23.7 Å². The molecular formula is C21H30N2O3S. The number of carbonyl (C=O) groups excluding carboxylic acids is 2. The summed E-state index contributed by atoms with van der Waals surface area (Å²) in [4.78, 5) is 30.3. The summed E-state index contributed by atoms with van der Waals surface area (Å²) in [6.45, 7) is 2.10. The number of thioether (sulfide) groups is 1. The van der Waals surface area contributed by atoms with Gasteiger partial charge in [0.2, 0.25) is 5.91 Å². The van der Waals surface area contributed by atoms with Gasteiger partial charge >= 0.3 is 0 Å². The predicted molar refractivity (Wildman–Crippen MR) is 107 cm³/mol. The number of hydrogen-bond acceptors (Lipinski definition) is 4. The van der Waals surface area contributed by atoms with Crippen LogP contribution in [0.15, 0.2) is 16.5 Å². The van der Waals surface area contributed by atoms with Crippen molar-refractivity contribution in [2.75, 3.05) is 25.9 Å². The minimum atomic E-state index is -0.361. The highest BCUT2D eigenvalue weighted by Gasteiger charge is 2.50. The van der Waals surface area contributed by atoms with E-state index in [0.29, 0.717) is 30.8 Å². The lowest BCUT2D eigenvalue weighted by atomic mass is 9.77. The smallest absolute Gasteiger partial charge is 0.289 e. The molecule has 4 rings (SSSR count). The molecule has 3 aliphatic rings. The Labute approximate surface area is 165 Å². The number of amides is 2. The first-order valence-electron chi connectivity index (χ1n) is 10.3. The second kappa shape index (κ2) is 7.90. The van der Waals surface area contributed by atoms with E-state index >= 15 is 0 Å². The maximum atomic E-state index is 13.4. The zero-order valence-electron chi connectivity index (χ0n) is 16.2. The fourth-order valence-electron chi connectivity index (χ4n) is 5.13. The molecule has 1 saturated carbocycles. The first kappa shape index (κ1) is 18.9. The van der Waals surface area contributed by atoms with E-state index in [1.54, 1.807) is 17.8 Å². The van der Waals surface area contributed by atoms with Crippen molar-refractivity contribution in [3.8, 4) is 0 Å². The third-order valence-corrected chi connectivity index (χ3v) is 7.16. The van der Waals surface area contributed by atoms with Gasteiger partial charge in [0.25, 0.3) is 5.91 Å². The maximum Gasteiger partial charge on any atom is 0.289 e. The number of likely N-dealkylation sites (tertiary alicyclic amines) is 2. The second-order valence-electron chi connectivity index (χ2n) is 8.35. The van der Waals surface area contributed by atoms with Gasteiger partial charge in [-0.1, -0.05) is 19.3 Å². The summed E-state index contributed by atoms with van der Waals surface area (Å²) >= 11 is 1.67. The van der Waals surface area contributed by atoms with Crippen LogP contribution >= 0.6 is 11.8 Å². The van der Waals surface area contributed by atoms with Crippen LogP contribution in [0.3, 0.4) is 0 Å². The van der Waals surface area contributed by atoms with Gasteiger partial charge in [-0.05, 0) is 50.5 Å². The van der Waals surface area contributed by atoms with Gasteiger partial charge in [0.1, 0.15) is 5.76 Å². The van der Waals surface area contributed by atoms with Crippen LogP contribution < -0.4 is 0 Å². The van der Waals surface area contributed by atoms with Crippen LogP contribution in [0.4, 0.5) is 0 Å². The second-order valence-corrected chi connectivity index (χ2v) is 9.22. The van der Waals surface area contributed by atoms with Crippen molar-refractivity contribution in [1.82, 2.24) is 9.80 Å². The summed E-state index contributed by atoms with van der Waals surface area (Å²) in [5.41, 5.74) is -0.361. The zero-order chi connectivity index (χ0) is 18.9. The van der Waals surface area contributed by atoms with E-state index in [9.17, 15) is 9.59 Å². The Morgan fingerprint density at radius 1 is 1.19 bits per heavy atom. The molecule has 0 N–H and O–H groups in total. The fourth-order valence-corrected chi connectivity index (χ4v) is 5.57. The van der Waals surface area contributed by atoms with Crippen molar-refractivity contribution < 1.29 is 14.0 Å². The lowest BCUT2D eigenvalue weighted by Crippen LogP contribution is -2.54. The van der Waals surface area contributed by atoms with Gasteiger partial charge in [0.05, 0.1) is 11.2 Å². The molecule has 6 heteroatoms. The Morgan fingerprint density at radius 2 is 2.00 bits per heavy atom. The molecule has 2 amide bonds. The molecule has 1 unspecified atom stereocenters. The standard InChI is InChI=1S/C21H30N2O3S/c1-27-14-17-8-9-18(26-17)19(24)22-13-11-21(15-22)10-5-12-23(20(21)25)16-6-3-2-4-7-16/h8-9,16H,2-7,10-15H2,1H3. The van der Waals surface area contributed by atoms with E-state index in [1.807, 2.05) is 17.2 Å². The predicted octanol–water partition coefficient (Wildman–Crippen LogP) is 3.93. The van der Waals surface area contributed by atoms with Gasteiger partial charge in [0.15, 0.2) is 5.76 Å². The van der Waals surface area contributed by atoms with E-state index in [-0.39, 0.29) is 11.3 Å². The molecule has 148 valence electrons. The van der Waals surface area contributed by atoms with E-state index in [1.165, 1.54) is 19.3 Å². The number of furan rings is 1. The molecule has 1 aromatic heterocycles. The number of rotatable bonds is 4. The van der Waals surface area contributed by atoms with E-state index < -0.39 is 0 Å². The maximum absolute atomic E-state index is 13.4. The summed E-state index contributed by atoms with van der Waals surface area (Å²) in [6.07, 6.45) is 10.8. The van der Waals surface area contributed by atoms with Crippen LogP contribution in [0.25, 0.3) is 0 Å². The third kappa shape index (κ3) is 3.65. The average molecular weight is 391 g/mol. The lowest BCUT2D eigenvalue weighted by Gasteiger charge is -2.44. The third-order valence-electron chi connectivity index (χ3n) is 6.58. The molecule has 0 bridgehead atoms. The minimum Gasteiger partial charge on any atom is -0.455 e. The first-order chi connectivity index (χ1) is 13.1. The van der Waals surface area contributed by atoms with Crippen molar-refractivity contribution in [2.24, 2.45) is 5.41 Å². The monoisotopic (exact) mass is 390 g/mol. The van der Waals surface area contributed by atoms with Crippen molar-refractivity contribution in [3.63, 3.8) is 0 Å². The summed E-state index contributed by atoms with van der Waals surface area (Å²) < 4.78 is 5.71. The molecule has 2 aliphatic heterocycles. The zero-order valence-corrected chi connectivity index (χ0v) is 17.1. The normalized spacial score (nSPS) is 26.9. The van der Waals surface area contributed by atoms with Crippen molar-refractivity contribution in [2.45, 2.75) is 63.2 Å². The Hall–Kier alpha value is -1.43. The molecule has 2 saturated heterocycles. The fraction of sp³-hybridized carbons (Fsp3) is 0.714. The number of piperidine rings is 1. The van der Waals surface area contributed by atoms with Crippen molar-refractivity contribution in [1.29, 1.82) is 0 Å². The van der Waals surface area contributed by atoms with Gasteiger partial charge in [-0.25, -0.2) is 0 Å². The van der Waals surface area contributed by atoms with Gasteiger partial charge in [-0.2, -0.15) is 11.8 Å². The van der Waals surface area contributed by atoms with Crippen LogP contribution in [0.1, 0.15) is 67.7 Å². The van der Waals surface area contributed by atoms with E-state index in [0.717, 1.165) is 50.2 Å². The van der Waals surface area contributed by atoms with Crippen LogP contribution in [0.2, 0.25) is 0 Å². The Bertz CT molecular complexity index is 697. The van der Waals surface area contributed by atoms with Crippen LogP contribution in [0.5, 0.6) is 0 Å². The van der Waals surface area contributed by atoms with Crippen LogP contribution in [-0.4, -0.2) is 53.5 Å². The molecule has 1 spiro atoms. The highest BCUT2D eigenvalue weighted by molar-refractivity contribution is 7.97. The van der Waals surface area contributed by atoms with Gasteiger partial charge in [-0.3, -0.25) is 9.59 Å². The number of nitrogens with zero attached hydrogens (tertiary/aromatic N) is 2. The molecule has 27 heavy (non-hydrogen) atoms. The Morgan fingerprint density at radius 3 is 2.78 bits per heavy atom. The summed E-state index contributed by atoms with van der Waals surface area (Å²) in [5, 5.41) is 0. The summed E-state index contributed by atoms with van der Waals surface area (Å²) in [7, 11) is 0. The van der Waals surface area contributed by atoms with E-state index in [2.05, 4.69) is 4.90 Å². The first-order valence-corrected chi connectivity index (χ1v) is 11.7. The van der Waals surface area contributed by atoms with Gasteiger partial charge in [-0.15, -0.1) is 0 Å². The molecule has 1 aliphatic carbocycles. The molecule has 0 radical (unpaired) electrons. The van der Waals surface area contributed by atoms with Crippen molar-refractivity contribution >= 4 is 23.6 Å².